The van der Waals surface area contributed by atoms with Gasteiger partial charge in [-0.25, -0.2) is 0 Å². The highest BCUT2D eigenvalue weighted by Crippen LogP contribution is 2.26. The number of nitrogens with one attached hydrogen (secondary N) is 2. The van der Waals surface area contributed by atoms with Gasteiger partial charge in [-0.15, -0.1) is 0 Å². The number of hydrogen-bond acceptors (Lipinski definition) is 4. The Balaban J connectivity index is 1.96. The fraction of sp³-hybridized carbons (Fsp3) is 0.850. The molecule has 0 saturated carbocycles. The number of carbonyl (C=O) groups excluding carboxylic acids is 1. The van der Waals surface area contributed by atoms with E-state index in [1.165, 1.54) is 44.5 Å². The minimum absolute atomic E-state index is 0.0334. The van der Waals surface area contributed by atoms with E-state index in [1.807, 2.05) is 6.92 Å². The number of nitrogens with zero attached hydrogens (tertiary/aromatic N) is 2. The molecule has 0 spiro atoms. The average Bonchev–Trinajstić information content (AvgIpc) is 3.05. The van der Waals surface area contributed by atoms with Gasteiger partial charge in [0.25, 0.3) is 0 Å². The van der Waals surface area contributed by atoms with Crippen LogP contribution in [0.2, 0.25) is 0 Å². The van der Waals surface area contributed by atoms with Gasteiger partial charge in [-0.1, -0.05) is 18.6 Å². The van der Waals surface area contributed by atoms with Crippen LogP contribution in [0.25, 0.3) is 0 Å². The molecule has 2 aliphatic rings. The van der Waals surface area contributed by atoms with Gasteiger partial charge < -0.3 is 15.5 Å². The van der Waals surface area contributed by atoms with Crippen molar-refractivity contribution in [3.63, 3.8) is 0 Å². The molecular formula is C20H38N4O. The van der Waals surface area contributed by atoms with E-state index in [0.29, 0.717) is 18.6 Å². The number of hydrogen-bond donors (Lipinski definition) is 2. The van der Waals surface area contributed by atoms with Crippen molar-refractivity contribution in [1.82, 2.24) is 20.4 Å². The second kappa shape index (κ2) is 10.3. The third kappa shape index (κ3) is 5.80. The molecule has 0 aromatic rings. The highest BCUT2D eigenvalue weighted by molar-refractivity contribution is 5.82. The molecule has 0 unspecified atom stereocenters. The quantitative estimate of drug-likeness (QED) is 0.658. The lowest BCUT2D eigenvalue weighted by molar-refractivity contribution is -0.126. The first-order valence-electron chi connectivity index (χ1n) is 10.2. The number of likely N-dealkylation sites (N-methyl/N-ethyl adjacent to an activating group) is 1. The number of carbonyl (C=O) groups is 1. The summed E-state index contributed by atoms with van der Waals surface area (Å²) in [7, 11) is 0. The van der Waals surface area contributed by atoms with Gasteiger partial charge in [-0.3, -0.25) is 9.69 Å². The maximum atomic E-state index is 12.6. The van der Waals surface area contributed by atoms with Crippen molar-refractivity contribution < 1.29 is 4.79 Å². The van der Waals surface area contributed by atoms with Crippen molar-refractivity contribution in [3.05, 3.63) is 11.6 Å². The third-order valence-electron chi connectivity index (χ3n) is 5.72. The van der Waals surface area contributed by atoms with E-state index >= 15 is 0 Å². The standard InChI is InChI=1S/C20H38N4O/c1-5-10-23-11-8-18(9-12-23)24-15-17(22-14-16(4)6-2)13-19(24)20(25)21-7-3/h6,17-19,22H,5,7-15H2,1-4H3,(H,21,25)/b16-6+/t17-,19-/m0/s1. The van der Waals surface area contributed by atoms with Crippen LogP contribution in [0.3, 0.4) is 0 Å². The lowest BCUT2D eigenvalue weighted by Crippen LogP contribution is -2.51. The Kier molecular flexibility index (Phi) is 8.40. The van der Waals surface area contributed by atoms with Gasteiger partial charge in [0.1, 0.15) is 0 Å². The fourth-order valence-corrected chi connectivity index (χ4v) is 4.16. The molecule has 144 valence electrons. The van der Waals surface area contributed by atoms with Gasteiger partial charge in [-0.2, -0.15) is 0 Å². The summed E-state index contributed by atoms with van der Waals surface area (Å²) in [4.78, 5) is 17.7. The van der Waals surface area contributed by atoms with E-state index in [4.69, 9.17) is 0 Å². The largest absolute Gasteiger partial charge is 0.355 e. The van der Waals surface area contributed by atoms with Gasteiger partial charge in [0, 0.05) is 31.7 Å². The number of piperidine rings is 1. The molecule has 1 amide bonds. The minimum atomic E-state index is 0.0334. The number of likely N-dealkylation sites (tertiary alicyclic amines) is 2. The molecule has 5 heteroatoms. The maximum absolute atomic E-state index is 12.6. The van der Waals surface area contributed by atoms with Gasteiger partial charge in [0.05, 0.1) is 6.04 Å². The zero-order chi connectivity index (χ0) is 18.2. The van der Waals surface area contributed by atoms with E-state index in [1.54, 1.807) is 0 Å². The van der Waals surface area contributed by atoms with Crippen LogP contribution in [-0.2, 0) is 4.79 Å². The van der Waals surface area contributed by atoms with Crippen LogP contribution >= 0.6 is 0 Å². The molecule has 2 saturated heterocycles. The Labute approximate surface area is 154 Å². The Bertz CT molecular complexity index is 443. The SMILES string of the molecule is C/C=C(\C)CN[C@H]1C[C@@H](C(=O)NCC)N(C2CCN(CCC)CC2)C1. The van der Waals surface area contributed by atoms with Gasteiger partial charge in [0.15, 0.2) is 0 Å². The van der Waals surface area contributed by atoms with Crippen molar-refractivity contribution in [2.45, 2.75) is 71.5 Å². The minimum Gasteiger partial charge on any atom is -0.355 e. The predicted octanol–water partition coefficient (Wildman–Crippen LogP) is 2.00. The van der Waals surface area contributed by atoms with Crippen LogP contribution in [0, 0.1) is 0 Å². The first-order valence-corrected chi connectivity index (χ1v) is 10.2. The predicted molar refractivity (Wildman–Crippen MR) is 105 cm³/mol. The molecule has 0 aliphatic carbocycles. The summed E-state index contributed by atoms with van der Waals surface area (Å²) in [6.07, 6.45) is 6.70. The summed E-state index contributed by atoms with van der Waals surface area (Å²) in [5, 5.41) is 6.71. The topological polar surface area (TPSA) is 47.6 Å². The van der Waals surface area contributed by atoms with Crippen molar-refractivity contribution in [1.29, 1.82) is 0 Å². The van der Waals surface area contributed by atoms with Crippen LogP contribution in [-0.4, -0.2) is 73.1 Å². The van der Waals surface area contributed by atoms with Crippen molar-refractivity contribution in [3.8, 4) is 0 Å². The Hall–Kier alpha value is -0.910. The van der Waals surface area contributed by atoms with E-state index in [0.717, 1.165) is 19.5 Å². The molecule has 0 aromatic carbocycles. The molecule has 0 radical (unpaired) electrons. The Morgan fingerprint density at radius 3 is 2.56 bits per heavy atom. The van der Waals surface area contributed by atoms with Crippen LogP contribution in [0.1, 0.15) is 53.4 Å². The second-order valence-corrected chi connectivity index (χ2v) is 7.63. The molecular weight excluding hydrogens is 312 g/mol. The van der Waals surface area contributed by atoms with Crippen LogP contribution in [0.4, 0.5) is 0 Å². The summed E-state index contributed by atoms with van der Waals surface area (Å²) in [6, 6.07) is 0.998. The van der Waals surface area contributed by atoms with Crippen molar-refractivity contribution >= 4 is 5.91 Å². The van der Waals surface area contributed by atoms with Crippen LogP contribution in [0.5, 0.6) is 0 Å². The van der Waals surface area contributed by atoms with Gasteiger partial charge in [0.2, 0.25) is 5.91 Å². The number of rotatable bonds is 8. The molecule has 25 heavy (non-hydrogen) atoms. The van der Waals surface area contributed by atoms with E-state index in [-0.39, 0.29) is 11.9 Å². The lowest BCUT2D eigenvalue weighted by atomic mass is 10.0. The van der Waals surface area contributed by atoms with E-state index in [9.17, 15) is 4.79 Å². The summed E-state index contributed by atoms with van der Waals surface area (Å²) >= 11 is 0. The molecule has 2 fully saturated rings. The molecule has 5 nitrogen and oxygen atoms in total. The summed E-state index contributed by atoms with van der Waals surface area (Å²) in [5.41, 5.74) is 1.36. The average molecular weight is 351 g/mol. The van der Waals surface area contributed by atoms with E-state index < -0.39 is 0 Å². The second-order valence-electron chi connectivity index (χ2n) is 7.63. The summed E-state index contributed by atoms with van der Waals surface area (Å²) < 4.78 is 0. The van der Waals surface area contributed by atoms with Crippen molar-refractivity contribution in [2.75, 3.05) is 39.3 Å². The smallest absolute Gasteiger partial charge is 0.237 e. The van der Waals surface area contributed by atoms with Gasteiger partial charge in [-0.05, 0) is 66.1 Å². The first kappa shape index (κ1) is 20.4. The molecule has 2 aliphatic heterocycles. The summed E-state index contributed by atoms with van der Waals surface area (Å²) in [6.45, 7) is 14.7. The number of allylic oxidation sites excluding steroid dienone is 1. The lowest BCUT2D eigenvalue weighted by Gasteiger charge is -2.38. The highest BCUT2D eigenvalue weighted by atomic mass is 16.2. The maximum Gasteiger partial charge on any atom is 0.237 e. The zero-order valence-electron chi connectivity index (χ0n) is 16.7. The zero-order valence-corrected chi connectivity index (χ0v) is 16.7. The van der Waals surface area contributed by atoms with Crippen molar-refractivity contribution in [2.24, 2.45) is 0 Å². The fourth-order valence-electron chi connectivity index (χ4n) is 4.16. The normalized spacial score (nSPS) is 27.0. The summed E-state index contributed by atoms with van der Waals surface area (Å²) in [5.74, 6) is 0.213. The Morgan fingerprint density at radius 2 is 1.96 bits per heavy atom. The first-order chi connectivity index (χ1) is 12.1. The van der Waals surface area contributed by atoms with Crippen LogP contribution < -0.4 is 10.6 Å². The van der Waals surface area contributed by atoms with Crippen LogP contribution in [0.15, 0.2) is 11.6 Å². The molecule has 0 aromatic heterocycles. The third-order valence-corrected chi connectivity index (χ3v) is 5.72. The van der Waals surface area contributed by atoms with E-state index in [2.05, 4.69) is 47.3 Å². The highest BCUT2D eigenvalue weighted by Gasteiger charge is 2.40. The molecule has 0 bridgehead atoms. The monoisotopic (exact) mass is 350 g/mol. The molecule has 2 atom stereocenters. The number of amides is 1. The molecule has 2 rings (SSSR count). The van der Waals surface area contributed by atoms with Gasteiger partial charge >= 0.3 is 0 Å². The Morgan fingerprint density at radius 1 is 1.24 bits per heavy atom. The molecule has 2 heterocycles. The molecule has 2 N–H and O–H groups in total.